The number of benzene rings is 2. The first kappa shape index (κ1) is 17.7. The second-order valence-corrected chi connectivity index (χ2v) is 6.32. The van der Waals surface area contributed by atoms with E-state index in [1.165, 1.54) is 12.7 Å². The van der Waals surface area contributed by atoms with E-state index in [2.05, 4.69) is 17.4 Å². The third-order valence-corrected chi connectivity index (χ3v) is 4.46. The number of carbonyl (C=O) groups is 2. The average molecular weight is 350 g/mol. The lowest BCUT2D eigenvalue weighted by Gasteiger charge is -2.27. The Balaban J connectivity index is 1.75. The third kappa shape index (κ3) is 3.94. The normalized spacial score (nSPS) is 14.1. The van der Waals surface area contributed by atoms with Crippen LogP contribution in [0.1, 0.15) is 22.3 Å². The largest absolute Gasteiger partial charge is 0.467 e. The maximum absolute atomic E-state index is 12.4. The van der Waals surface area contributed by atoms with Crippen molar-refractivity contribution in [3.63, 3.8) is 0 Å². The number of carbonyl (C=O) groups excluding carboxylic acids is 2. The highest BCUT2D eigenvalue weighted by Crippen LogP contribution is 2.29. The molecule has 1 aliphatic rings. The van der Waals surface area contributed by atoms with Crippen LogP contribution in [0.15, 0.2) is 66.4 Å². The predicted molar refractivity (Wildman–Crippen MR) is 101 cm³/mol. The van der Waals surface area contributed by atoms with Crippen molar-refractivity contribution in [2.45, 2.75) is 18.9 Å². The van der Waals surface area contributed by atoms with Gasteiger partial charge in [-0.25, -0.2) is 4.79 Å². The van der Waals surface area contributed by atoms with E-state index in [4.69, 9.17) is 4.74 Å². The molecule has 134 valence electrons. The van der Waals surface area contributed by atoms with Gasteiger partial charge in [0.2, 0.25) is 0 Å². The van der Waals surface area contributed by atoms with Crippen LogP contribution in [-0.2, 0) is 16.0 Å². The molecular formula is C21H22N2O3. The van der Waals surface area contributed by atoms with Gasteiger partial charge in [0.05, 0.1) is 7.11 Å². The van der Waals surface area contributed by atoms with Crippen molar-refractivity contribution >= 4 is 17.6 Å². The summed E-state index contributed by atoms with van der Waals surface area (Å²) < 4.78 is 4.89. The molecule has 1 heterocycles. The monoisotopic (exact) mass is 350 g/mol. The number of rotatable bonds is 5. The Morgan fingerprint density at radius 2 is 1.81 bits per heavy atom. The number of hydrogen-bond acceptors (Lipinski definition) is 4. The number of anilines is 1. The van der Waals surface area contributed by atoms with Gasteiger partial charge in [0.1, 0.15) is 6.04 Å². The molecule has 0 spiro atoms. The van der Waals surface area contributed by atoms with Crippen LogP contribution >= 0.6 is 0 Å². The molecular weight excluding hydrogens is 328 g/mol. The fourth-order valence-electron chi connectivity index (χ4n) is 3.19. The van der Waals surface area contributed by atoms with Gasteiger partial charge in [-0.15, -0.1) is 0 Å². The van der Waals surface area contributed by atoms with Crippen LogP contribution in [-0.4, -0.2) is 32.1 Å². The van der Waals surface area contributed by atoms with Crippen LogP contribution in [0.4, 0.5) is 5.69 Å². The van der Waals surface area contributed by atoms with Crippen molar-refractivity contribution in [3.8, 4) is 0 Å². The van der Waals surface area contributed by atoms with Gasteiger partial charge in [-0.2, -0.15) is 0 Å². The van der Waals surface area contributed by atoms with Gasteiger partial charge in [0.25, 0.3) is 5.91 Å². The van der Waals surface area contributed by atoms with Gasteiger partial charge in [0.15, 0.2) is 0 Å². The lowest BCUT2D eigenvalue weighted by Crippen LogP contribution is -2.42. The van der Waals surface area contributed by atoms with Gasteiger partial charge in [-0.3, -0.25) is 4.79 Å². The summed E-state index contributed by atoms with van der Waals surface area (Å²) in [5, 5.41) is 2.80. The Hall–Kier alpha value is -3.08. The number of para-hydroxylation sites is 1. The molecule has 0 aliphatic carbocycles. The average Bonchev–Trinajstić information content (AvgIpc) is 2.67. The lowest BCUT2D eigenvalue weighted by molar-refractivity contribution is -0.142. The van der Waals surface area contributed by atoms with E-state index in [0.717, 1.165) is 17.7 Å². The zero-order chi connectivity index (χ0) is 18.5. The Morgan fingerprint density at radius 1 is 1.12 bits per heavy atom. The molecule has 5 heteroatoms. The maximum atomic E-state index is 12.4. The van der Waals surface area contributed by atoms with Crippen LogP contribution in [0.25, 0.3) is 0 Å². The van der Waals surface area contributed by atoms with Gasteiger partial charge in [0, 0.05) is 30.9 Å². The van der Waals surface area contributed by atoms with E-state index in [0.29, 0.717) is 12.0 Å². The molecule has 0 saturated heterocycles. The molecule has 0 bridgehead atoms. The summed E-state index contributed by atoms with van der Waals surface area (Å²) in [5.41, 5.74) is 3.93. The Morgan fingerprint density at radius 3 is 2.54 bits per heavy atom. The van der Waals surface area contributed by atoms with Crippen molar-refractivity contribution in [1.82, 2.24) is 5.32 Å². The number of esters is 1. The summed E-state index contributed by atoms with van der Waals surface area (Å²) in [6, 6.07) is 16.3. The first-order valence-corrected chi connectivity index (χ1v) is 8.52. The van der Waals surface area contributed by atoms with E-state index < -0.39 is 12.0 Å². The minimum atomic E-state index is -0.724. The van der Waals surface area contributed by atoms with Gasteiger partial charge in [-0.05, 0) is 35.8 Å². The molecule has 1 N–H and O–H groups in total. The van der Waals surface area contributed by atoms with E-state index >= 15 is 0 Å². The van der Waals surface area contributed by atoms with E-state index in [-0.39, 0.29) is 5.91 Å². The highest BCUT2D eigenvalue weighted by Gasteiger charge is 2.25. The number of methoxy groups -OCH3 is 1. The quantitative estimate of drug-likeness (QED) is 0.843. The van der Waals surface area contributed by atoms with E-state index in [9.17, 15) is 9.59 Å². The summed E-state index contributed by atoms with van der Waals surface area (Å²) in [7, 11) is 3.31. The number of amides is 1. The minimum absolute atomic E-state index is 0.286. The van der Waals surface area contributed by atoms with Gasteiger partial charge >= 0.3 is 5.97 Å². The molecule has 5 nitrogen and oxygen atoms in total. The highest BCUT2D eigenvalue weighted by atomic mass is 16.5. The fraction of sp³-hybridized carbons (Fsp3) is 0.238. The summed E-state index contributed by atoms with van der Waals surface area (Å²) >= 11 is 0. The molecule has 0 saturated carbocycles. The van der Waals surface area contributed by atoms with Crippen LogP contribution in [0.5, 0.6) is 0 Å². The topological polar surface area (TPSA) is 58.6 Å². The Kier molecular flexibility index (Phi) is 5.37. The van der Waals surface area contributed by atoms with Crippen LogP contribution < -0.4 is 10.2 Å². The molecule has 2 aromatic rings. The van der Waals surface area contributed by atoms with Gasteiger partial charge < -0.3 is 15.0 Å². The first-order valence-electron chi connectivity index (χ1n) is 8.52. The molecule has 1 aliphatic heterocycles. The zero-order valence-electron chi connectivity index (χ0n) is 14.9. The lowest BCUT2D eigenvalue weighted by atomic mass is 9.95. The van der Waals surface area contributed by atoms with Gasteiger partial charge in [-0.1, -0.05) is 36.4 Å². The molecule has 0 radical (unpaired) electrons. The van der Waals surface area contributed by atoms with Crippen molar-refractivity contribution in [1.29, 1.82) is 0 Å². The molecule has 1 atom stereocenters. The first-order chi connectivity index (χ1) is 12.6. The number of ether oxygens (including phenoxy) is 1. The molecule has 1 unspecified atom stereocenters. The Bertz CT molecular complexity index is 830. The SMILES string of the molecule is COC(=O)C(CC1=CN(C)c2ccccc2C1)NC(=O)c1ccccc1. The Labute approximate surface area is 153 Å². The second-order valence-electron chi connectivity index (χ2n) is 6.32. The second kappa shape index (κ2) is 7.87. The van der Waals surface area contributed by atoms with Crippen molar-refractivity contribution in [3.05, 3.63) is 77.5 Å². The van der Waals surface area contributed by atoms with E-state index in [1.807, 2.05) is 36.3 Å². The molecule has 0 fully saturated rings. The third-order valence-electron chi connectivity index (χ3n) is 4.46. The minimum Gasteiger partial charge on any atom is -0.467 e. The molecule has 0 aromatic heterocycles. The highest BCUT2D eigenvalue weighted by molar-refractivity contribution is 5.96. The number of fused-ring (bicyclic) bond motifs is 1. The van der Waals surface area contributed by atoms with Crippen molar-refractivity contribution in [2.24, 2.45) is 0 Å². The molecule has 2 aromatic carbocycles. The maximum Gasteiger partial charge on any atom is 0.328 e. The molecule has 26 heavy (non-hydrogen) atoms. The fourth-order valence-corrected chi connectivity index (χ4v) is 3.19. The van der Waals surface area contributed by atoms with Crippen molar-refractivity contribution in [2.75, 3.05) is 19.1 Å². The summed E-state index contributed by atoms with van der Waals surface area (Å²) in [4.78, 5) is 26.7. The molecule has 1 amide bonds. The van der Waals surface area contributed by atoms with Crippen molar-refractivity contribution < 1.29 is 14.3 Å². The smallest absolute Gasteiger partial charge is 0.328 e. The van der Waals surface area contributed by atoms with E-state index in [1.54, 1.807) is 24.3 Å². The summed E-state index contributed by atoms with van der Waals surface area (Å²) in [6.45, 7) is 0. The summed E-state index contributed by atoms with van der Waals surface area (Å²) in [5.74, 6) is -0.733. The zero-order valence-corrected chi connectivity index (χ0v) is 14.9. The molecule has 3 rings (SSSR count). The standard InChI is InChI=1S/C21H22N2O3/c1-23-14-15(12-17-10-6-7-11-19(17)23)13-18(21(25)26-2)22-20(24)16-8-4-3-5-9-16/h3-11,14,18H,12-13H2,1-2H3,(H,22,24). The van der Waals surface area contributed by atoms with Crippen LogP contribution in [0.3, 0.4) is 0 Å². The van der Waals surface area contributed by atoms with Crippen LogP contribution in [0, 0.1) is 0 Å². The summed E-state index contributed by atoms with van der Waals surface area (Å²) in [6.07, 6.45) is 3.17. The number of nitrogens with zero attached hydrogens (tertiary/aromatic N) is 1. The van der Waals surface area contributed by atoms with Crippen LogP contribution in [0.2, 0.25) is 0 Å². The number of nitrogens with one attached hydrogen (secondary N) is 1. The predicted octanol–water partition coefficient (Wildman–Crippen LogP) is 2.92. The number of hydrogen-bond donors (Lipinski definition) is 1.